The summed E-state index contributed by atoms with van der Waals surface area (Å²) < 4.78 is 24.3. The zero-order valence-corrected chi connectivity index (χ0v) is 16.2. The number of carboxylic acids is 1. The fourth-order valence-electron chi connectivity index (χ4n) is 3.45. The molecule has 1 amide bonds. The van der Waals surface area contributed by atoms with E-state index < -0.39 is 37.6 Å². The molecule has 2 aliphatic rings. The highest BCUT2D eigenvalue weighted by Crippen LogP contribution is 2.45. The van der Waals surface area contributed by atoms with E-state index in [2.05, 4.69) is 4.98 Å². The number of nitrogens with zero attached hydrogens (tertiary/aromatic N) is 2. The normalized spacial score (nSPS) is 27.1. The van der Waals surface area contributed by atoms with E-state index in [-0.39, 0.29) is 12.1 Å². The number of benzene rings is 1. The number of carbonyl (C=O) groups is 2. The molecule has 1 aromatic carbocycles. The van der Waals surface area contributed by atoms with Crippen molar-refractivity contribution in [1.82, 2.24) is 9.88 Å². The third kappa shape index (κ3) is 3.10. The van der Waals surface area contributed by atoms with Crippen LogP contribution in [0.2, 0.25) is 0 Å². The molecule has 7 nitrogen and oxygen atoms in total. The fraction of sp³-hybridized carbons (Fsp3) is 0.211. The number of thioether (sulfide) groups is 1. The van der Waals surface area contributed by atoms with Gasteiger partial charge in [-0.05, 0) is 30.3 Å². The standard InChI is InChI=1S/C19H16N2O5S2/c22-16-15(10-13-6-4-5-9-20-13)17-21(16)11-19(18(23)24,12-28(17,25)26)27-14-7-2-1-3-8-14/h1-10,17H,11-12H2,(H,23,24)/t17-,19?/m1/s1. The van der Waals surface area contributed by atoms with Gasteiger partial charge in [-0.25, -0.2) is 8.42 Å². The molecule has 0 aliphatic carbocycles. The van der Waals surface area contributed by atoms with E-state index in [0.29, 0.717) is 10.6 Å². The molecule has 2 atom stereocenters. The predicted octanol–water partition coefficient (Wildman–Crippen LogP) is 1.68. The Morgan fingerprint density at radius 1 is 1.21 bits per heavy atom. The second kappa shape index (κ2) is 6.75. The Morgan fingerprint density at radius 3 is 2.57 bits per heavy atom. The summed E-state index contributed by atoms with van der Waals surface area (Å²) in [6.07, 6.45) is 3.01. The third-order valence-corrected chi connectivity index (χ3v) is 8.31. The van der Waals surface area contributed by atoms with Gasteiger partial charge in [0.1, 0.15) is 4.75 Å². The largest absolute Gasteiger partial charge is 0.480 e. The topological polar surface area (TPSA) is 105 Å². The second-order valence-corrected chi connectivity index (χ2v) is 10.2. The third-order valence-electron chi connectivity index (χ3n) is 4.69. The molecule has 0 saturated carbocycles. The average Bonchev–Trinajstić information content (AvgIpc) is 2.67. The highest BCUT2D eigenvalue weighted by Gasteiger charge is 2.61. The van der Waals surface area contributed by atoms with Crippen molar-refractivity contribution in [1.29, 1.82) is 0 Å². The van der Waals surface area contributed by atoms with Gasteiger partial charge in [-0.3, -0.25) is 14.6 Å². The van der Waals surface area contributed by atoms with Crippen molar-refractivity contribution in [2.45, 2.75) is 15.0 Å². The lowest BCUT2D eigenvalue weighted by Crippen LogP contribution is -2.70. The molecule has 0 spiro atoms. The Hall–Kier alpha value is -2.65. The summed E-state index contributed by atoms with van der Waals surface area (Å²) in [5.41, 5.74) is 0.608. The molecule has 0 radical (unpaired) electrons. The number of aromatic nitrogens is 1. The van der Waals surface area contributed by atoms with Gasteiger partial charge in [0.25, 0.3) is 5.91 Å². The first-order valence-electron chi connectivity index (χ1n) is 8.45. The van der Waals surface area contributed by atoms with Crippen LogP contribution >= 0.6 is 11.8 Å². The van der Waals surface area contributed by atoms with Crippen molar-refractivity contribution in [3.63, 3.8) is 0 Å². The van der Waals surface area contributed by atoms with E-state index in [9.17, 15) is 23.1 Å². The first-order valence-corrected chi connectivity index (χ1v) is 11.0. The summed E-state index contributed by atoms with van der Waals surface area (Å²) in [6.45, 7) is -0.176. The Bertz CT molecular complexity index is 1070. The van der Waals surface area contributed by atoms with Gasteiger partial charge in [-0.1, -0.05) is 24.3 Å². The van der Waals surface area contributed by atoms with Gasteiger partial charge in [0.05, 0.1) is 17.0 Å². The van der Waals surface area contributed by atoms with E-state index in [1.165, 1.54) is 6.08 Å². The van der Waals surface area contributed by atoms with Crippen LogP contribution in [0.5, 0.6) is 0 Å². The van der Waals surface area contributed by atoms with Gasteiger partial charge < -0.3 is 10.0 Å². The lowest BCUT2D eigenvalue weighted by atomic mass is 10.0. The van der Waals surface area contributed by atoms with Gasteiger partial charge in [0.2, 0.25) is 0 Å². The van der Waals surface area contributed by atoms with Crippen molar-refractivity contribution >= 4 is 39.6 Å². The summed E-state index contributed by atoms with van der Waals surface area (Å²) in [7, 11) is -3.89. The van der Waals surface area contributed by atoms with Crippen LogP contribution in [-0.4, -0.2) is 57.7 Å². The number of pyridine rings is 1. The molecule has 2 saturated heterocycles. The van der Waals surface area contributed by atoms with Crippen molar-refractivity contribution in [3.05, 3.63) is 66.0 Å². The second-order valence-electron chi connectivity index (χ2n) is 6.66. The molecule has 2 aliphatic heterocycles. The summed E-state index contributed by atoms with van der Waals surface area (Å²) in [4.78, 5) is 30.6. The first kappa shape index (κ1) is 18.7. The van der Waals surface area contributed by atoms with Crippen molar-refractivity contribution in [2.75, 3.05) is 12.3 Å². The minimum atomic E-state index is -3.89. The van der Waals surface area contributed by atoms with E-state index >= 15 is 0 Å². The molecule has 2 fully saturated rings. The number of rotatable bonds is 4. The first-order chi connectivity index (χ1) is 13.3. The average molecular weight is 416 g/mol. The van der Waals surface area contributed by atoms with E-state index in [4.69, 9.17) is 0 Å². The molecule has 3 heterocycles. The van der Waals surface area contributed by atoms with Crippen LogP contribution in [-0.2, 0) is 19.4 Å². The summed E-state index contributed by atoms with van der Waals surface area (Å²) >= 11 is 0.965. The molecule has 1 unspecified atom stereocenters. The zero-order valence-electron chi connectivity index (χ0n) is 14.6. The Labute approximate surface area is 166 Å². The molecule has 1 aromatic heterocycles. The minimum absolute atomic E-state index is 0.127. The van der Waals surface area contributed by atoms with Crippen LogP contribution in [0.1, 0.15) is 5.69 Å². The van der Waals surface area contributed by atoms with E-state index in [1.54, 1.807) is 54.7 Å². The number of β-lactam (4-membered cyclic amide) rings is 1. The number of aliphatic carboxylic acids is 1. The predicted molar refractivity (Wildman–Crippen MR) is 104 cm³/mol. The smallest absolute Gasteiger partial charge is 0.323 e. The number of hydrogen-bond acceptors (Lipinski definition) is 6. The molecule has 28 heavy (non-hydrogen) atoms. The van der Waals surface area contributed by atoms with Crippen LogP contribution in [0, 0.1) is 0 Å². The van der Waals surface area contributed by atoms with Crippen LogP contribution in [0.25, 0.3) is 6.08 Å². The lowest BCUT2D eigenvalue weighted by molar-refractivity contribution is -0.143. The number of carbonyl (C=O) groups excluding carboxylic acids is 1. The molecule has 1 N–H and O–H groups in total. The quantitative estimate of drug-likeness (QED) is 0.597. The fourth-order valence-corrected chi connectivity index (χ4v) is 7.35. The van der Waals surface area contributed by atoms with Crippen LogP contribution < -0.4 is 0 Å². The molecule has 4 rings (SSSR count). The number of fused-ring (bicyclic) bond motifs is 1. The summed E-state index contributed by atoms with van der Waals surface area (Å²) in [5.74, 6) is -2.28. The molecule has 2 aromatic rings. The van der Waals surface area contributed by atoms with Crippen LogP contribution in [0.4, 0.5) is 0 Å². The highest BCUT2D eigenvalue weighted by molar-refractivity contribution is 8.03. The maximum atomic E-state index is 13.0. The van der Waals surface area contributed by atoms with Crippen molar-refractivity contribution < 1.29 is 23.1 Å². The monoisotopic (exact) mass is 416 g/mol. The number of amides is 1. The zero-order chi connectivity index (χ0) is 19.9. The van der Waals surface area contributed by atoms with Gasteiger partial charge in [-0.2, -0.15) is 0 Å². The van der Waals surface area contributed by atoms with E-state index in [0.717, 1.165) is 16.7 Å². The van der Waals surface area contributed by atoms with Crippen molar-refractivity contribution in [3.8, 4) is 0 Å². The van der Waals surface area contributed by atoms with Crippen LogP contribution in [0.15, 0.2) is 65.2 Å². The van der Waals surface area contributed by atoms with E-state index in [1.807, 2.05) is 0 Å². The van der Waals surface area contributed by atoms with Gasteiger partial charge in [-0.15, -0.1) is 11.8 Å². The Morgan fingerprint density at radius 2 is 1.93 bits per heavy atom. The van der Waals surface area contributed by atoms with Gasteiger partial charge in [0, 0.05) is 17.6 Å². The molecular formula is C19H16N2O5S2. The summed E-state index contributed by atoms with van der Waals surface area (Å²) in [6, 6.07) is 13.9. The molecule has 0 bridgehead atoms. The summed E-state index contributed by atoms with van der Waals surface area (Å²) in [5, 5.41) is 8.73. The van der Waals surface area contributed by atoms with Gasteiger partial charge >= 0.3 is 5.97 Å². The number of carboxylic acid groups (broad SMARTS) is 1. The maximum Gasteiger partial charge on any atom is 0.323 e. The SMILES string of the molecule is O=C1C(=Cc2ccccn2)[C@@H]2N1CC(Sc1ccccc1)(C(=O)O)CS2(=O)=O. The lowest BCUT2D eigenvalue weighted by Gasteiger charge is -2.50. The van der Waals surface area contributed by atoms with Crippen molar-refractivity contribution in [2.24, 2.45) is 0 Å². The molecule has 144 valence electrons. The molecular weight excluding hydrogens is 400 g/mol. The van der Waals surface area contributed by atoms with Gasteiger partial charge in [0.15, 0.2) is 15.2 Å². The highest BCUT2D eigenvalue weighted by atomic mass is 32.2. The number of sulfone groups is 1. The Balaban J connectivity index is 1.69. The Kier molecular flexibility index (Phi) is 4.51. The minimum Gasteiger partial charge on any atom is -0.480 e. The van der Waals surface area contributed by atoms with Crippen LogP contribution in [0.3, 0.4) is 0 Å². The maximum absolute atomic E-state index is 13.0. The molecule has 9 heteroatoms. The number of hydrogen-bond donors (Lipinski definition) is 1.